The van der Waals surface area contributed by atoms with Crippen LogP contribution in [0.1, 0.15) is 68.2 Å². The van der Waals surface area contributed by atoms with Crippen LogP contribution in [0.4, 0.5) is 0 Å². The third kappa shape index (κ3) is 3.81. The summed E-state index contributed by atoms with van der Waals surface area (Å²) in [6, 6.07) is 0.777. The fourth-order valence-electron chi connectivity index (χ4n) is 2.76. The number of carboxylic acid groups (broad SMARTS) is 1. The first-order chi connectivity index (χ1) is 11.7. The van der Waals surface area contributed by atoms with Gasteiger partial charge in [-0.3, -0.25) is 9.59 Å². The maximum atomic E-state index is 12.7. The van der Waals surface area contributed by atoms with Crippen molar-refractivity contribution < 1.29 is 19.2 Å². The van der Waals surface area contributed by atoms with Crippen LogP contribution in [0.3, 0.4) is 0 Å². The number of amides is 1. The van der Waals surface area contributed by atoms with Crippen LogP contribution in [0.25, 0.3) is 11.1 Å². The number of aliphatic carboxylic acids is 1. The molecule has 0 radical (unpaired) electrons. The lowest BCUT2D eigenvalue weighted by molar-refractivity contribution is -0.138. The number of rotatable bonds is 5. The number of hydrogen-bond donors (Lipinski definition) is 2. The van der Waals surface area contributed by atoms with Gasteiger partial charge in [0.25, 0.3) is 11.6 Å². The zero-order chi connectivity index (χ0) is 18.4. The molecule has 0 bridgehead atoms. The van der Waals surface area contributed by atoms with Gasteiger partial charge in [-0.1, -0.05) is 25.9 Å². The molecule has 7 heteroatoms. The van der Waals surface area contributed by atoms with Gasteiger partial charge in [-0.15, -0.1) is 0 Å². The van der Waals surface area contributed by atoms with Crippen molar-refractivity contribution in [3.8, 4) is 0 Å². The smallest absolute Gasteiger partial charge is 0.325 e. The summed E-state index contributed by atoms with van der Waals surface area (Å²) in [4.78, 5) is 28.3. The van der Waals surface area contributed by atoms with E-state index in [9.17, 15) is 9.59 Å². The van der Waals surface area contributed by atoms with E-state index in [1.807, 2.05) is 0 Å². The maximum Gasteiger partial charge on any atom is 0.325 e. The molecule has 2 aromatic heterocycles. The van der Waals surface area contributed by atoms with E-state index in [0.717, 1.165) is 18.5 Å². The highest BCUT2D eigenvalue weighted by atomic mass is 16.5. The number of aromatic nitrogens is 2. The molecule has 1 saturated carbocycles. The summed E-state index contributed by atoms with van der Waals surface area (Å²) in [6.45, 7) is 7.66. The summed E-state index contributed by atoms with van der Waals surface area (Å²) in [5.41, 5.74) is 2.17. The predicted octanol–water partition coefficient (Wildman–Crippen LogP) is 2.89. The fourth-order valence-corrected chi connectivity index (χ4v) is 2.76. The summed E-state index contributed by atoms with van der Waals surface area (Å²) < 4.78 is 5.40. The molecular formula is C18H23N3O4. The maximum absolute atomic E-state index is 12.7. The topological polar surface area (TPSA) is 105 Å². The average molecular weight is 345 g/mol. The van der Waals surface area contributed by atoms with Gasteiger partial charge in [-0.2, -0.15) is 0 Å². The Morgan fingerprint density at radius 2 is 2.08 bits per heavy atom. The number of nitrogens with zero attached hydrogens (tertiary/aromatic N) is 2. The Morgan fingerprint density at radius 3 is 2.64 bits per heavy atom. The van der Waals surface area contributed by atoms with Crippen molar-refractivity contribution in [1.82, 2.24) is 15.5 Å². The van der Waals surface area contributed by atoms with E-state index in [2.05, 4.69) is 36.2 Å². The first-order valence-corrected chi connectivity index (χ1v) is 8.48. The standard InChI is InChI=1S/C18H23N3O4/c1-9(17(23)24)19-15(22)11-7-12(10-5-6-10)20-16-14(11)13(21-25-16)8-18(2,3)4/h7,9-10H,5-6,8H2,1-4H3,(H,19,22)(H,23,24)/t9-/m0/s1. The first kappa shape index (κ1) is 17.4. The molecule has 1 atom stereocenters. The predicted molar refractivity (Wildman–Crippen MR) is 91.5 cm³/mol. The number of fused-ring (bicyclic) bond motifs is 1. The second-order valence-corrected chi connectivity index (χ2v) is 7.95. The normalized spacial score (nSPS) is 16.0. The van der Waals surface area contributed by atoms with Crippen LogP contribution >= 0.6 is 0 Å². The number of carboxylic acids is 1. The van der Waals surface area contributed by atoms with Gasteiger partial charge in [0.1, 0.15) is 6.04 Å². The molecule has 2 N–H and O–H groups in total. The zero-order valence-electron chi connectivity index (χ0n) is 14.9. The quantitative estimate of drug-likeness (QED) is 0.863. The summed E-state index contributed by atoms with van der Waals surface area (Å²) in [7, 11) is 0. The van der Waals surface area contributed by atoms with E-state index in [0.29, 0.717) is 34.7 Å². The highest BCUT2D eigenvalue weighted by Gasteiger charge is 2.30. The van der Waals surface area contributed by atoms with Crippen LogP contribution in [-0.4, -0.2) is 33.2 Å². The van der Waals surface area contributed by atoms with Crippen LogP contribution in [0, 0.1) is 5.41 Å². The molecule has 1 fully saturated rings. The Bertz CT molecular complexity index is 831. The van der Waals surface area contributed by atoms with Crippen molar-refractivity contribution in [2.45, 2.75) is 58.9 Å². The van der Waals surface area contributed by atoms with Gasteiger partial charge in [-0.25, -0.2) is 4.98 Å². The number of carbonyl (C=O) groups is 2. The molecule has 1 aliphatic rings. The lowest BCUT2D eigenvalue weighted by Gasteiger charge is -2.16. The molecule has 25 heavy (non-hydrogen) atoms. The van der Waals surface area contributed by atoms with E-state index < -0.39 is 17.9 Å². The molecule has 0 aromatic carbocycles. The van der Waals surface area contributed by atoms with Crippen molar-refractivity contribution in [3.05, 3.63) is 23.0 Å². The largest absolute Gasteiger partial charge is 0.480 e. The molecule has 1 amide bonds. The van der Waals surface area contributed by atoms with Crippen molar-refractivity contribution in [3.63, 3.8) is 0 Å². The lowest BCUT2D eigenvalue weighted by Crippen LogP contribution is -2.38. The molecule has 0 spiro atoms. The third-order valence-corrected chi connectivity index (χ3v) is 4.19. The lowest BCUT2D eigenvalue weighted by atomic mass is 9.89. The van der Waals surface area contributed by atoms with Crippen molar-refractivity contribution >= 4 is 23.0 Å². The monoisotopic (exact) mass is 345 g/mol. The van der Waals surface area contributed by atoms with Gasteiger partial charge in [0.15, 0.2) is 0 Å². The van der Waals surface area contributed by atoms with Crippen LogP contribution < -0.4 is 5.32 Å². The second kappa shape index (κ2) is 6.13. The molecule has 0 unspecified atom stereocenters. The van der Waals surface area contributed by atoms with Crippen LogP contribution in [0.15, 0.2) is 10.6 Å². The molecule has 3 rings (SSSR count). The van der Waals surface area contributed by atoms with Crippen molar-refractivity contribution in [2.24, 2.45) is 5.41 Å². The van der Waals surface area contributed by atoms with Crippen LogP contribution in [0.2, 0.25) is 0 Å². The Balaban J connectivity index is 2.07. The van der Waals surface area contributed by atoms with Crippen LogP contribution in [-0.2, 0) is 11.2 Å². The van der Waals surface area contributed by atoms with Gasteiger partial charge in [0.2, 0.25) is 0 Å². The number of pyridine rings is 1. The van der Waals surface area contributed by atoms with E-state index in [1.165, 1.54) is 6.92 Å². The highest BCUT2D eigenvalue weighted by molar-refractivity contribution is 6.07. The average Bonchev–Trinajstić information content (AvgIpc) is 3.28. The first-order valence-electron chi connectivity index (χ1n) is 8.48. The minimum Gasteiger partial charge on any atom is -0.480 e. The summed E-state index contributed by atoms with van der Waals surface area (Å²) in [5.74, 6) is -1.19. The molecule has 0 saturated heterocycles. The fraction of sp³-hybridized carbons (Fsp3) is 0.556. The highest BCUT2D eigenvalue weighted by Crippen LogP contribution is 2.40. The van der Waals surface area contributed by atoms with E-state index in [1.54, 1.807) is 6.07 Å². The summed E-state index contributed by atoms with van der Waals surface area (Å²) in [6.07, 6.45) is 2.70. The molecule has 2 heterocycles. The molecular weight excluding hydrogens is 322 g/mol. The Labute approximate surface area is 145 Å². The second-order valence-electron chi connectivity index (χ2n) is 7.95. The van der Waals surface area contributed by atoms with E-state index in [-0.39, 0.29) is 5.41 Å². The minimum absolute atomic E-state index is 0.0406. The van der Waals surface area contributed by atoms with Gasteiger partial charge in [0.05, 0.1) is 16.6 Å². The number of carbonyl (C=O) groups excluding carboxylic acids is 1. The van der Waals surface area contributed by atoms with Gasteiger partial charge in [0, 0.05) is 11.6 Å². The summed E-state index contributed by atoms with van der Waals surface area (Å²) >= 11 is 0. The zero-order valence-corrected chi connectivity index (χ0v) is 14.9. The van der Waals surface area contributed by atoms with Crippen molar-refractivity contribution in [2.75, 3.05) is 0 Å². The molecule has 1 aliphatic carbocycles. The van der Waals surface area contributed by atoms with Gasteiger partial charge >= 0.3 is 5.97 Å². The molecule has 2 aromatic rings. The number of nitrogens with one attached hydrogen (secondary N) is 1. The van der Waals surface area contributed by atoms with Crippen LogP contribution in [0.5, 0.6) is 0 Å². The van der Waals surface area contributed by atoms with Gasteiger partial charge in [-0.05, 0) is 37.7 Å². The number of hydrogen-bond acceptors (Lipinski definition) is 5. The third-order valence-electron chi connectivity index (χ3n) is 4.19. The Morgan fingerprint density at radius 1 is 1.40 bits per heavy atom. The minimum atomic E-state index is -1.08. The van der Waals surface area contributed by atoms with E-state index >= 15 is 0 Å². The van der Waals surface area contributed by atoms with Crippen molar-refractivity contribution in [1.29, 1.82) is 0 Å². The van der Waals surface area contributed by atoms with Gasteiger partial charge < -0.3 is 14.9 Å². The van der Waals surface area contributed by atoms with E-state index in [4.69, 9.17) is 9.63 Å². The Hall–Kier alpha value is -2.44. The molecule has 0 aliphatic heterocycles. The molecule has 134 valence electrons. The molecule has 7 nitrogen and oxygen atoms in total. The summed E-state index contributed by atoms with van der Waals surface area (Å²) in [5, 5.41) is 16.3. The Kier molecular flexibility index (Phi) is 4.26. The SMILES string of the molecule is C[C@H](NC(=O)c1cc(C2CC2)nc2onc(CC(C)(C)C)c12)C(=O)O.